The topological polar surface area (TPSA) is 53.3 Å². The number of rotatable bonds is 7. The van der Waals surface area contributed by atoms with Gasteiger partial charge in [-0.15, -0.1) is 0 Å². The zero-order chi connectivity index (χ0) is 16.9. The second-order valence-electron chi connectivity index (χ2n) is 5.67. The molecule has 0 aliphatic heterocycles. The van der Waals surface area contributed by atoms with Gasteiger partial charge in [0.15, 0.2) is 0 Å². The van der Waals surface area contributed by atoms with E-state index in [9.17, 15) is 0 Å². The van der Waals surface area contributed by atoms with E-state index in [2.05, 4.69) is 28.2 Å². The van der Waals surface area contributed by atoms with Gasteiger partial charge in [0, 0.05) is 0 Å². The lowest BCUT2D eigenvalue weighted by molar-refractivity contribution is -0.657. The molecule has 25 heavy (non-hydrogen) atoms. The second kappa shape index (κ2) is 8.76. The molecule has 0 radical (unpaired) electrons. The number of nitrogens with zero attached hydrogens (tertiary/aromatic N) is 2. The minimum absolute atomic E-state index is 0. The maximum absolute atomic E-state index is 6.37. The summed E-state index contributed by atoms with van der Waals surface area (Å²) in [7, 11) is 1.65. The summed E-state index contributed by atoms with van der Waals surface area (Å²) in [6.45, 7) is 4.33. The molecule has 0 spiro atoms. The summed E-state index contributed by atoms with van der Waals surface area (Å²) in [5.41, 5.74) is 8.68. The van der Waals surface area contributed by atoms with Crippen LogP contribution in [0, 0.1) is 0 Å². The molecule has 0 fully saturated rings. The van der Waals surface area contributed by atoms with Crippen LogP contribution in [0.25, 0.3) is 11.0 Å². The average molecular weight is 406 g/mol. The lowest BCUT2D eigenvalue weighted by atomic mass is 10.3. The number of imidazole rings is 1. The van der Waals surface area contributed by atoms with Gasteiger partial charge in [-0.05, 0) is 42.8 Å². The average Bonchev–Trinajstić information content (AvgIpc) is 2.88. The Labute approximate surface area is 158 Å². The molecule has 1 heterocycles. The maximum atomic E-state index is 6.37. The predicted molar refractivity (Wildman–Crippen MR) is 95.3 cm³/mol. The SMILES string of the molecule is CCC[n+]1c(N)n(CCOc2ccc(OC)cc2)c2ccccc21.[Br-]. The minimum Gasteiger partial charge on any atom is -1.00 e. The number of nitrogen functional groups attached to an aromatic ring is 1. The molecule has 0 bridgehead atoms. The number of anilines is 1. The second-order valence-corrected chi connectivity index (χ2v) is 5.67. The number of fused-ring (bicyclic) bond motifs is 1. The fourth-order valence-corrected chi connectivity index (χ4v) is 2.93. The van der Waals surface area contributed by atoms with Crippen LogP contribution in [0.5, 0.6) is 11.5 Å². The first-order chi connectivity index (χ1) is 11.7. The number of para-hydroxylation sites is 2. The number of hydrogen-bond donors (Lipinski definition) is 1. The van der Waals surface area contributed by atoms with E-state index in [4.69, 9.17) is 15.2 Å². The summed E-state index contributed by atoms with van der Waals surface area (Å²) in [6, 6.07) is 15.9. The highest BCUT2D eigenvalue weighted by molar-refractivity contribution is 5.73. The van der Waals surface area contributed by atoms with Crippen molar-refractivity contribution in [1.82, 2.24) is 4.57 Å². The Kier molecular flexibility index (Phi) is 6.70. The summed E-state index contributed by atoms with van der Waals surface area (Å²) in [5.74, 6) is 2.42. The maximum Gasteiger partial charge on any atom is 0.356 e. The number of ether oxygens (including phenoxy) is 2. The quantitative estimate of drug-likeness (QED) is 0.563. The molecule has 3 rings (SSSR count). The molecule has 2 aromatic carbocycles. The van der Waals surface area contributed by atoms with E-state index in [1.54, 1.807) is 7.11 Å². The molecule has 6 heteroatoms. The first-order valence-corrected chi connectivity index (χ1v) is 8.28. The van der Waals surface area contributed by atoms with E-state index in [-0.39, 0.29) is 17.0 Å². The molecule has 0 unspecified atom stereocenters. The zero-order valence-corrected chi connectivity index (χ0v) is 16.2. The molecule has 0 amide bonds. The highest BCUT2D eigenvalue weighted by Gasteiger charge is 2.19. The minimum atomic E-state index is 0. The van der Waals surface area contributed by atoms with Crippen LogP contribution in [-0.2, 0) is 13.1 Å². The van der Waals surface area contributed by atoms with Crippen LogP contribution in [0.2, 0.25) is 0 Å². The third kappa shape index (κ3) is 4.07. The number of nitrogens with two attached hydrogens (primary N) is 1. The van der Waals surface area contributed by atoms with Gasteiger partial charge in [0.2, 0.25) is 0 Å². The molecule has 0 aliphatic carbocycles. The molecule has 3 aromatic rings. The Hall–Kier alpha value is -2.21. The first kappa shape index (κ1) is 19.1. The zero-order valence-electron chi connectivity index (χ0n) is 14.6. The van der Waals surface area contributed by atoms with Crippen LogP contribution in [0.15, 0.2) is 48.5 Å². The Balaban J connectivity index is 0.00000225. The van der Waals surface area contributed by atoms with Crippen molar-refractivity contribution in [2.45, 2.75) is 26.4 Å². The van der Waals surface area contributed by atoms with Gasteiger partial charge in [-0.1, -0.05) is 19.1 Å². The fraction of sp³-hybridized carbons (Fsp3) is 0.316. The van der Waals surface area contributed by atoms with Gasteiger partial charge in [0.1, 0.15) is 35.7 Å². The van der Waals surface area contributed by atoms with Crippen molar-refractivity contribution in [2.24, 2.45) is 0 Å². The molecule has 134 valence electrons. The van der Waals surface area contributed by atoms with Gasteiger partial charge in [-0.25, -0.2) is 9.13 Å². The van der Waals surface area contributed by atoms with Crippen LogP contribution in [0.4, 0.5) is 5.95 Å². The number of benzene rings is 2. The van der Waals surface area contributed by atoms with Gasteiger partial charge < -0.3 is 26.5 Å². The lowest BCUT2D eigenvalue weighted by Crippen LogP contribution is -3.00. The number of aryl methyl sites for hydroxylation is 1. The van der Waals surface area contributed by atoms with Crippen molar-refractivity contribution in [1.29, 1.82) is 0 Å². The van der Waals surface area contributed by atoms with Gasteiger partial charge in [0.05, 0.1) is 13.7 Å². The monoisotopic (exact) mass is 405 g/mol. The van der Waals surface area contributed by atoms with E-state index in [0.29, 0.717) is 13.2 Å². The van der Waals surface area contributed by atoms with Gasteiger partial charge in [0.25, 0.3) is 0 Å². The van der Waals surface area contributed by atoms with E-state index in [1.165, 1.54) is 5.52 Å². The Morgan fingerprint density at radius 2 is 1.72 bits per heavy atom. The standard InChI is InChI=1S/C19H23N3O2.BrH/c1-3-12-21-17-6-4-5-7-18(17)22(19(21)20)13-14-24-16-10-8-15(23-2)9-11-16;/h4-11,20H,3,12-14H2,1-2H3;1H. The third-order valence-electron chi connectivity index (χ3n) is 4.11. The molecule has 2 N–H and O–H groups in total. The van der Waals surface area contributed by atoms with E-state index in [1.807, 2.05) is 36.4 Å². The normalized spacial score (nSPS) is 10.5. The summed E-state index contributed by atoms with van der Waals surface area (Å²) >= 11 is 0. The number of hydrogen-bond acceptors (Lipinski definition) is 3. The van der Waals surface area contributed by atoms with Gasteiger partial charge >= 0.3 is 5.95 Å². The van der Waals surface area contributed by atoms with Gasteiger partial charge in [-0.3, -0.25) is 5.73 Å². The van der Waals surface area contributed by atoms with Crippen molar-refractivity contribution >= 4 is 17.0 Å². The van der Waals surface area contributed by atoms with Gasteiger partial charge in [-0.2, -0.15) is 0 Å². The highest BCUT2D eigenvalue weighted by Crippen LogP contribution is 2.19. The fourth-order valence-electron chi connectivity index (χ4n) is 2.93. The Morgan fingerprint density at radius 3 is 2.40 bits per heavy atom. The van der Waals surface area contributed by atoms with Crippen molar-refractivity contribution < 1.29 is 31.0 Å². The molecule has 0 saturated heterocycles. The van der Waals surface area contributed by atoms with Crippen molar-refractivity contribution in [2.75, 3.05) is 19.5 Å². The van der Waals surface area contributed by atoms with Crippen molar-refractivity contribution in [3.05, 3.63) is 48.5 Å². The van der Waals surface area contributed by atoms with E-state index < -0.39 is 0 Å². The van der Waals surface area contributed by atoms with E-state index >= 15 is 0 Å². The van der Waals surface area contributed by atoms with Crippen LogP contribution in [0.1, 0.15) is 13.3 Å². The predicted octanol–water partition coefficient (Wildman–Crippen LogP) is 0.0126. The molecule has 0 atom stereocenters. The first-order valence-electron chi connectivity index (χ1n) is 8.28. The molecule has 0 aliphatic rings. The number of methoxy groups -OCH3 is 1. The lowest BCUT2D eigenvalue weighted by Gasteiger charge is -2.07. The van der Waals surface area contributed by atoms with Crippen LogP contribution < -0.4 is 36.8 Å². The van der Waals surface area contributed by atoms with Crippen LogP contribution in [0.3, 0.4) is 0 Å². The summed E-state index contributed by atoms with van der Waals surface area (Å²) in [5, 5.41) is 0. The van der Waals surface area contributed by atoms with Crippen LogP contribution >= 0.6 is 0 Å². The highest BCUT2D eigenvalue weighted by atomic mass is 79.9. The smallest absolute Gasteiger partial charge is 0.356 e. The largest absolute Gasteiger partial charge is 1.00 e. The van der Waals surface area contributed by atoms with Crippen molar-refractivity contribution in [3.63, 3.8) is 0 Å². The summed E-state index contributed by atoms with van der Waals surface area (Å²) < 4.78 is 15.3. The molecule has 1 aromatic heterocycles. The molecule has 5 nitrogen and oxygen atoms in total. The summed E-state index contributed by atoms with van der Waals surface area (Å²) in [4.78, 5) is 0. The molecule has 0 saturated carbocycles. The van der Waals surface area contributed by atoms with Crippen molar-refractivity contribution in [3.8, 4) is 11.5 Å². The Bertz CT molecular complexity index is 815. The summed E-state index contributed by atoms with van der Waals surface area (Å²) in [6.07, 6.45) is 1.05. The molecular formula is C19H24BrN3O2. The van der Waals surface area contributed by atoms with Crippen LogP contribution in [-0.4, -0.2) is 18.3 Å². The third-order valence-corrected chi connectivity index (χ3v) is 4.11. The molecular weight excluding hydrogens is 382 g/mol. The Morgan fingerprint density at radius 1 is 1.04 bits per heavy atom. The number of aromatic nitrogens is 2. The van der Waals surface area contributed by atoms with E-state index in [0.717, 1.165) is 35.9 Å². The number of halogens is 1.